The lowest BCUT2D eigenvalue weighted by atomic mass is 10.1. The van der Waals surface area contributed by atoms with Crippen molar-refractivity contribution in [1.29, 1.82) is 5.41 Å². The van der Waals surface area contributed by atoms with Crippen molar-refractivity contribution in [3.05, 3.63) is 35.4 Å². The van der Waals surface area contributed by atoms with Crippen LogP contribution in [0.3, 0.4) is 0 Å². The highest BCUT2D eigenvalue weighted by atomic mass is 15.1. The summed E-state index contributed by atoms with van der Waals surface area (Å²) in [7, 11) is 0. The predicted octanol–water partition coefficient (Wildman–Crippen LogP) is 2.38. The number of rotatable bonds is 4. The number of nitrogens with zero attached hydrogens (tertiary/aromatic N) is 1. The van der Waals surface area contributed by atoms with Gasteiger partial charge in [0.1, 0.15) is 0 Å². The Labute approximate surface area is 97.8 Å². The van der Waals surface area contributed by atoms with Crippen LogP contribution < -0.4 is 0 Å². The van der Waals surface area contributed by atoms with E-state index in [1.165, 1.54) is 6.21 Å². The van der Waals surface area contributed by atoms with E-state index in [-0.39, 0.29) is 0 Å². The van der Waals surface area contributed by atoms with Crippen molar-refractivity contribution in [1.82, 2.24) is 4.90 Å². The van der Waals surface area contributed by atoms with E-state index in [2.05, 4.69) is 30.6 Å². The van der Waals surface area contributed by atoms with E-state index < -0.39 is 0 Å². The molecule has 1 aromatic rings. The van der Waals surface area contributed by atoms with Crippen LogP contribution in [0.2, 0.25) is 0 Å². The summed E-state index contributed by atoms with van der Waals surface area (Å²) in [6.07, 6.45) is 1.34. The Kier molecular flexibility index (Phi) is 5.31. The van der Waals surface area contributed by atoms with Gasteiger partial charge in [-0.1, -0.05) is 37.8 Å². The lowest BCUT2D eigenvalue weighted by molar-refractivity contribution is 0.342. The van der Waals surface area contributed by atoms with Crippen molar-refractivity contribution in [3.8, 4) is 11.8 Å². The van der Waals surface area contributed by atoms with E-state index in [0.717, 1.165) is 30.8 Å². The fraction of sp³-hybridized carbons (Fsp3) is 0.357. The first kappa shape index (κ1) is 12.5. The fourth-order valence-electron chi connectivity index (χ4n) is 1.36. The van der Waals surface area contributed by atoms with Gasteiger partial charge in [-0.05, 0) is 30.8 Å². The average Bonchev–Trinajstić information content (AvgIpc) is 2.35. The molecule has 0 heterocycles. The van der Waals surface area contributed by atoms with Gasteiger partial charge in [-0.15, -0.1) is 0 Å². The first-order valence-electron chi connectivity index (χ1n) is 5.62. The molecule has 0 aliphatic rings. The standard InChI is InChI=1S/C14H18N2/c1-3-16(4-2)11-5-6-13-7-9-14(12-15)10-8-13/h7-10,12,15H,3-4,11H2,1-2H3. The molecular formula is C14H18N2. The Bertz CT molecular complexity index is 377. The van der Waals surface area contributed by atoms with Crippen LogP contribution in [0, 0.1) is 17.3 Å². The van der Waals surface area contributed by atoms with E-state index in [1.54, 1.807) is 0 Å². The zero-order valence-electron chi connectivity index (χ0n) is 9.96. The van der Waals surface area contributed by atoms with Gasteiger partial charge in [0.15, 0.2) is 0 Å². The van der Waals surface area contributed by atoms with Gasteiger partial charge < -0.3 is 5.41 Å². The number of hydrogen-bond donors (Lipinski definition) is 1. The first-order valence-corrected chi connectivity index (χ1v) is 5.62. The van der Waals surface area contributed by atoms with E-state index >= 15 is 0 Å². The molecule has 0 saturated carbocycles. The minimum Gasteiger partial charge on any atom is -0.308 e. The monoisotopic (exact) mass is 214 g/mol. The van der Waals surface area contributed by atoms with Gasteiger partial charge in [0.2, 0.25) is 0 Å². The van der Waals surface area contributed by atoms with Crippen molar-refractivity contribution in [3.63, 3.8) is 0 Å². The normalized spacial score (nSPS) is 9.69. The molecule has 0 aromatic heterocycles. The Morgan fingerprint density at radius 2 is 1.81 bits per heavy atom. The quantitative estimate of drug-likeness (QED) is 0.604. The van der Waals surface area contributed by atoms with Crippen LogP contribution in [0.25, 0.3) is 0 Å². The molecule has 2 nitrogen and oxygen atoms in total. The third kappa shape index (κ3) is 3.88. The summed E-state index contributed by atoms with van der Waals surface area (Å²) in [6, 6.07) is 7.73. The van der Waals surface area contributed by atoms with Crippen LogP contribution >= 0.6 is 0 Å². The van der Waals surface area contributed by atoms with Crippen LogP contribution in [0.15, 0.2) is 24.3 Å². The van der Waals surface area contributed by atoms with Crippen LogP contribution in [-0.2, 0) is 0 Å². The molecule has 0 fully saturated rings. The van der Waals surface area contributed by atoms with Crippen LogP contribution in [0.5, 0.6) is 0 Å². The second-order valence-electron chi connectivity index (χ2n) is 3.53. The van der Waals surface area contributed by atoms with Crippen molar-refractivity contribution in [2.75, 3.05) is 19.6 Å². The van der Waals surface area contributed by atoms with E-state index in [4.69, 9.17) is 5.41 Å². The molecule has 0 spiro atoms. The van der Waals surface area contributed by atoms with Crippen molar-refractivity contribution < 1.29 is 0 Å². The molecule has 16 heavy (non-hydrogen) atoms. The molecule has 1 rings (SSSR count). The summed E-state index contributed by atoms with van der Waals surface area (Å²) in [4.78, 5) is 2.28. The third-order valence-corrected chi connectivity index (χ3v) is 2.51. The zero-order valence-corrected chi connectivity index (χ0v) is 9.96. The van der Waals surface area contributed by atoms with Gasteiger partial charge in [0, 0.05) is 11.8 Å². The topological polar surface area (TPSA) is 27.1 Å². The molecule has 0 amide bonds. The molecule has 84 valence electrons. The van der Waals surface area contributed by atoms with Gasteiger partial charge in [-0.25, -0.2) is 0 Å². The molecule has 0 saturated heterocycles. The molecule has 2 heteroatoms. The third-order valence-electron chi connectivity index (χ3n) is 2.51. The number of benzene rings is 1. The highest BCUT2D eigenvalue weighted by molar-refractivity contribution is 5.76. The molecule has 0 atom stereocenters. The van der Waals surface area contributed by atoms with Gasteiger partial charge in [-0.3, -0.25) is 4.90 Å². The second-order valence-corrected chi connectivity index (χ2v) is 3.53. The molecule has 0 aliphatic carbocycles. The van der Waals surface area contributed by atoms with Gasteiger partial charge in [-0.2, -0.15) is 0 Å². The van der Waals surface area contributed by atoms with Crippen LogP contribution in [0.1, 0.15) is 25.0 Å². The van der Waals surface area contributed by atoms with Crippen molar-refractivity contribution in [2.24, 2.45) is 0 Å². The summed E-state index contributed by atoms with van der Waals surface area (Å²) >= 11 is 0. The number of nitrogens with one attached hydrogen (secondary N) is 1. The Morgan fingerprint density at radius 1 is 1.19 bits per heavy atom. The fourth-order valence-corrected chi connectivity index (χ4v) is 1.36. The zero-order chi connectivity index (χ0) is 11.8. The average molecular weight is 214 g/mol. The first-order chi connectivity index (χ1) is 7.80. The van der Waals surface area contributed by atoms with E-state index in [1.807, 2.05) is 24.3 Å². The Hall–Kier alpha value is -1.59. The Balaban J connectivity index is 2.59. The van der Waals surface area contributed by atoms with Crippen LogP contribution in [0.4, 0.5) is 0 Å². The second kappa shape index (κ2) is 6.81. The molecule has 1 aromatic carbocycles. The highest BCUT2D eigenvalue weighted by Gasteiger charge is 1.93. The van der Waals surface area contributed by atoms with Gasteiger partial charge >= 0.3 is 0 Å². The molecule has 0 bridgehead atoms. The lowest BCUT2D eigenvalue weighted by Gasteiger charge is -2.13. The molecule has 0 unspecified atom stereocenters. The molecule has 0 aliphatic heterocycles. The maximum Gasteiger partial charge on any atom is 0.0605 e. The minimum atomic E-state index is 0.819. The lowest BCUT2D eigenvalue weighted by Crippen LogP contribution is -2.22. The summed E-state index contributed by atoms with van der Waals surface area (Å²) in [5, 5.41) is 7.09. The number of hydrogen-bond acceptors (Lipinski definition) is 2. The minimum absolute atomic E-state index is 0.819. The highest BCUT2D eigenvalue weighted by Crippen LogP contribution is 2.00. The molecule has 1 N–H and O–H groups in total. The summed E-state index contributed by atoms with van der Waals surface area (Å²) < 4.78 is 0. The van der Waals surface area contributed by atoms with Crippen LogP contribution in [-0.4, -0.2) is 30.7 Å². The largest absolute Gasteiger partial charge is 0.308 e. The van der Waals surface area contributed by atoms with Gasteiger partial charge in [0.25, 0.3) is 0 Å². The molecule has 0 radical (unpaired) electrons. The summed E-state index contributed by atoms with van der Waals surface area (Å²) in [5.74, 6) is 6.29. The SMILES string of the molecule is CCN(CC)CC#Cc1ccc(C=N)cc1. The molecular weight excluding hydrogens is 196 g/mol. The van der Waals surface area contributed by atoms with Gasteiger partial charge in [0.05, 0.1) is 6.54 Å². The Morgan fingerprint density at radius 3 is 2.31 bits per heavy atom. The summed E-state index contributed by atoms with van der Waals surface area (Å²) in [6.45, 7) is 7.18. The smallest absolute Gasteiger partial charge is 0.0605 e. The van der Waals surface area contributed by atoms with E-state index in [9.17, 15) is 0 Å². The summed E-state index contributed by atoms with van der Waals surface area (Å²) in [5.41, 5.74) is 1.92. The maximum absolute atomic E-state index is 7.09. The predicted molar refractivity (Wildman–Crippen MR) is 69.0 cm³/mol. The van der Waals surface area contributed by atoms with Crippen molar-refractivity contribution >= 4 is 6.21 Å². The van der Waals surface area contributed by atoms with Crippen molar-refractivity contribution in [2.45, 2.75) is 13.8 Å². The van der Waals surface area contributed by atoms with E-state index in [0.29, 0.717) is 0 Å². The maximum atomic E-state index is 7.09.